The summed E-state index contributed by atoms with van der Waals surface area (Å²) in [6.45, 7) is 10.1. The van der Waals surface area contributed by atoms with Gasteiger partial charge in [0.2, 0.25) is 0 Å². The second-order valence-corrected chi connectivity index (χ2v) is 5.20. The average molecular weight is 247 g/mol. The zero-order chi connectivity index (χ0) is 13.4. The molecule has 18 heavy (non-hydrogen) atoms. The Kier molecular flexibility index (Phi) is 7.04. The van der Waals surface area contributed by atoms with Crippen LogP contribution in [0.3, 0.4) is 0 Å². The van der Waals surface area contributed by atoms with Gasteiger partial charge in [0, 0.05) is 6.04 Å². The van der Waals surface area contributed by atoms with Crippen molar-refractivity contribution in [3.05, 3.63) is 35.4 Å². The number of hydrogen-bond donors (Lipinski definition) is 1. The lowest BCUT2D eigenvalue weighted by molar-refractivity contribution is 0.327. The summed E-state index contributed by atoms with van der Waals surface area (Å²) < 4.78 is 0. The van der Waals surface area contributed by atoms with Crippen molar-refractivity contribution >= 4 is 0 Å². The first kappa shape index (κ1) is 15.2. The SMILES string of the molecule is CCCCC(CC)C(NCC)c1ccccc1C. The second-order valence-electron chi connectivity index (χ2n) is 5.20. The van der Waals surface area contributed by atoms with Crippen molar-refractivity contribution in [3.63, 3.8) is 0 Å². The first-order valence-corrected chi connectivity index (χ1v) is 7.53. The Morgan fingerprint density at radius 3 is 2.39 bits per heavy atom. The molecule has 0 bridgehead atoms. The topological polar surface area (TPSA) is 12.0 Å². The Bertz CT molecular complexity index is 332. The summed E-state index contributed by atoms with van der Waals surface area (Å²) in [6.07, 6.45) is 5.22. The minimum atomic E-state index is 0.521. The van der Waals surface area contributed by atoms with E-state index in [4.69, 9.17) is 0 Å². The van der Waals surface area contributed by atoms with Crippen LogP contribution >= 0.6 is 0 Å². The molecule has 0 saturated heterocycles. The van der Waals surface area contributed by atoms with Crippen molar-refractivity contribution in [2.45, 2.75) is 59.4 Å². The van der Waals surface area contributed by atoms with Gasteiger partial charge in [-0.2, -0.15) is 0 Å². The third-order valence-corrected chi connectivity index (χ3v) is 3.87. The highest BCUT2D eigenvalue weighted by molar-refractivity contribution is 5.29. The monoisotopic (exact) mass is 247 g/mol. The Morgan fingerprint density at radius 1 is 1.11 bits per heavy atom. The molecule has 0 spiro atoms. The third kappa shape index (κ3) is 4.13. The lowest BCUT2D eigenvalue weighted by atomic mass is 9.85. The molecule has 2 unspecified atom stereocenters. The first-order valence-electron chi connectivity index (χ1n) is 7.53. The predicted octanol–water partition coefficient (Wildman–Crippen LogP) is 4.86. The van der Waals surface area contributed by atoms with E-state index in [9.17, 15) is 0 Å². The van der Waals surface area contributed by atoms with Crippen LogP contribution in [0.15, 0.2) is 24.3 Å². The van der Waals surface area contributed by atoms with Gasteiger partial charge in [-0.1, -0.05) is 64.3 Å². The van der Waals surface area contributed by atoms with E-state index < -0.39 is 0 Å². The second kappa shape index (κ2) is 8.31. The highest BCUT2D eigenvalue weighted by Crippen LogP contribution is 2.30. The van der Waals surface area contributed by atoms with Crippen LogP contribution < -0.4 is 5.32 Å². The van der Waals surface area contributed by atoms with Crippen molar-refractivity contribution < 1.29 is 0 Å². The molecule has 1 nitrogen and oxygen atoms in total. The minimum Gasteiger partial charge on any atom is -0.310 e. The normalized spacial score (nSPS) is 14.4. The van der Waals surface area contributed by atoms with Crippen LogP contribution in [-0.4, -0.2) is 6.54 Å². The summed E-state index contributed by atoms with van der Waals surface area (Å²) in [6, 6.07) is 9.34. The Labute approximate surface area is 113 Å². The van der Waals surface area contributed by atoms with Crippen LogP contribution in [0.25, 0.3) is 0 Å². The number of nitrogens with one attached hydrogen (secondary N) is 1. The molecular weight excluding hydrogens is 218 g/mol. The maximum absolute atomic E-state index is 3.70. The molecule has 1 rings (SSSR count). The summed E-state index contributed by atoms with van der Waals surface area (Å²) >= 11 is 0. The van der Waals surface area contributed by atoms with Gasteiger partial charge in [-0.15, -0.1) is 0 Å². The van der Waals surface area contributed by atoms with Crippen LogP contribution in [0.5, 0.6) is 0 Å². The summed E-state index contributed by atoms with van der Waals surface area (Å²) in [5.41, 5.74) is 2.90. The first-order chi connectivity index (χ1) is 8.74. The van der Waals surface area contributed by atoms with Crippen molar-refractivity contribution in [2.24, 2.45) is 5.92 Å². The Hall–Kier alpha value is -0.820. The summed E-state index contributed by atoms with van der Waals surface area (Å²) in [7, 11) is 0. The lowest BCUT2D eigenvalue weighted by Gasteiger charge is -2.29. The molecule has 1 aromatic rings. The van der Waals surface area contributed by atoms with Gasteiger partial charge in [0.05, 0.1) is 0 Å². The van der Waals surface area contributed by atoms with E-state index in [1.165, 1.54) is 36.8 Å². The van der Waals surface area contributed by atoms with Gasteiger partial charge in [0.25, 0.3) is 0 Å². The number of benzene rings is 1. The predicted molar refractivity (Wildman–Crippen MR) is 80.9 cm³/mol. The molecule has 0 aliphatic heterocycles. The van der Waals surface area contributed by atoms with Gasteiger partial charge >= 0.3 is 0 Å². The van der Waals surface area contributed by atoms with Gasteiger partial charge in [-0.3, -0.25) is 0 Å². The molecule has 0 amide bonds. The maximum atomic E-state index is 3.70. The largest absolute Gasteiger partial charge is 0.310 e. The van der Waals surface area contributed by atoms with E-state index in [1.807, 2.05) is 0 Å². The molecule has 1 aromatic carbocycles. The van der Waals surface area contributed by atoms with E-state index in [0.29, 0.717) is 6.04 Å². The van der Waals surface area contributed by atoms with Crippen molar-refractivity contribution in [3.8, 4) is 0 Å². The van der Waals surface area contributed by atoms with Crippen LogP contribution in [0, 0.1) is 12.8 Å². The van der Waals surface area contributed by atoms with Gasteiger partial charge < -0.3 is 5.32 Å². The molecule has 0 saturated carbocycles. The summed E-state index contributed by atoms with van der Waals surface area (Å²) in [4.78, 5) is 0. The molecule has 0 radical (unpaired) electrons. The zero-order valence-electron chi connectivity index (χ0n) is 12.5. The molecular formula is C17H29N. The van der Waals surface area contributed by atoms with E-state index in [0.717, 1.165) is 12.5 Å². The summed E-state index contributed by atoms with van der Waals surface area (Å²) in [5.74, 6) is 0.756. The quantitative estimate of drug-likeness (QED) is 0.691. The fourth-order valence-electron chi connectivity index (χ4n) is 2.76. The molecule has 2 atom stereocenters. The molecule has 0 aromatic heterocycles. The van der Waals surface area contributed by atoms with E-state index >= 15 is 0 Å². The van der Waals surface area contributed by atoms with Gasteiger partial charge in [-0.05, 0) is 36.9 Å². The zero-order valence-corrected chi connectivity index (χ0v) is 12.5. The summed E-state index contributed by atoms with van der Waals surface area (Å²) in [5, 5.41) is 3.70. The molecule has 0 aliphatic carbocycles. The third-order valence-electron chi connectivity index (χ3n) is 3.87. The molecule has 0 heterocycles. The Balaban J connectivity index is 2.89. The fourth-order valence-corrected chi connectivity index (χ4v) is 2.76. The molecule has 0 fully saturated rings. The van der Waals surface area contributed by atoms with Crippen LogP contribution in [-0.2, 0) is 0 Å². The van der Waals surface area contributed by atoms with Crippen LogP contribution in [0.2, 0.25) is 0 Å². The van der Waals surface area contributed by atoms with E-state index in [-0.39, 0.29) is 0 Å². The molecule has 0 aliphatic rings. The molecule has 102 valence electrons. The smallest absolute Gasteiger partial charge is 0.0351 e. The van der Waals surface area contributed by atoms with Gasteiger partial charge in [-0.25, -0.2) is 0 Å². The number of aryl methyl sites for hydroxylation is 1. The van der Waals surface area contributed by atoms with Gasteiger partial charge in [0.15, 0.2) is 0 Å². The van der Waals surface area contributed by atoms with Gasteiger partial charge in [0.1, 0.15) is 0 Å². The fraction of sp³-hybridized carbons (Fsp3) is 0.647. The van der Waals surface area contributed by atoms with E-state index in [1.54, 1.807) is 0 Å². The molecule has 1 heteroatoms. The van der Waals surface area contributed by atoms with Crippen LogP contribution in [0.4, 0.5) is 0 Å². The maximum Gasteiger partial charge on any atom is 0.0351 e. The standard InChI is InChI=1S/C17H29N/c1-5-8-12-15(6-2)17(18-7-3)16-13-10-9-11-14(16)4/h9-11,13,15,17-18H,5-8,12H2,1-4H3. The molecule has 1 N–H and O–H groups in total. The van der Waals surface area contributed by atoms with Crippen LogP contribution in [0.1, 0.15) is 63.6 Å². The lowest BCUT2D eigenvalue weighted by Crippen LogP contribution is -2.28. The van der Waals surface area contributed by atoms with E-state index in [2.05, 4.69) is 57.3 Å². The number of unbranched alkanes of at least 4 members (excludes halogenated alkanes) is 1. The van der Waals surface area contributed by atoms with Crippen molar-refractivity contribution in [1.29, 1.82) is 0 Å². The van der Waals surface area contributed by atoms with Crippen molar-refractivity contribution in [2.75, 3.05) is 6.54 Å². The number of rotatable bonds is 8. The highest BCUT2D eigenvalue weighted by atomic mass is 14.9. The Morgan fingerprint density at radius 2 is 1.83 bits per heavy atom. The highest BCUT2D eigenvalue weighted by Gasteiger charge is 2.21. The number of hydrogen-bond acceptors (Lipinski definition) is 1. The average Bonchev–Trinajstić information content (AvgIpc) is 2.39. The van der Waals surface area contributed by atoms with Crippen molar-refractivity contribution in [1.82, 2.24) is 5.32 Å². The minimum absolute atomic E-state index is 0.521.